The van der Waals surface area contributed by atoms with E-state index in [9.17, 15) is 14.7 Å². The monoisotopic (exact) mass is 483 g/mol. The van der Waals surface area contributed by atoms with Crippen molar-refractivity contribution in [2.45, 2.75) is 161 Å². The third kappa shape index (κ3) is 24.0. The normalized spacial score (nSPS) is 12.1. The van der Waals surface area contributed by atoms with E-state index < -0.39 is 18.0 Å². The predicted octanol–water partition coefficient (Wildman–Crippen LogP) is 8.19. The topological polar surface area (TPSA) is 75.6 Å². The van der Waals surface area contributed by atoms with Gasteiger partial charge < -0.3 is 15.2 Å². The molecule has 5 nitrogen and oxygen atoms in total. The minimum absolute atomic E-state index is 0.0922. The molecule has 0 saturated heterocycles. The molecule has 0 aromatic heterocycles. The van der Waals surface area contributed by atoms with Crippen LogP contribution in [0, 0.1) is 0 Å². The van der Waals surface area contributed by atoms with Crippen LogP contribution in [0.1, 0.15) is 155 Å². The summed E-state index contributed by atoms with van der Waals surface area (Å²) in [6.07, 6.45) is 26.2. The van der Waals surface area contributed by atoms with Gasteiger partial charge in [0, 0.05) is 0 Å². The predicted molar refractivity (Wildman–Crippen MR) is 143 cm³/mol. The molecule has 0 radical (unpaired) electrons. The number of ether oxygens (including phenoxy) is 1. The lowest BCUT2D eigenvalue weighted by atomic mass is 10.1. The molecule has 0 bridgehead atoms. The number of carbonyl (C=O) groups is 2. The molecule has 1 unspecified atom stereocenters. The molecular weight excluding hydrogens is 426 g/mol. The van der Waals surface area contributed by atoms with E-state index in [1.165, 1.54) is 109 Å². The number of nitrogens with one attached hydrogen (secondary N) is 1. The Morgan fingerprint density at radius 2 is 1.00 bits per heavy atom. The van der Waals surface area contributed by atoms with Gasteiger partial charge >= 0.3 is 11.9 Å². The van der Waals surface area contributed by atoms with Gasteiger partial charge in [0.05, 0.1) is 13.0 Å². The molecule has 202 valence electrons. The molecule has 1 atom stereocenters. The number of aliphatic carboxylic acids is 1. The zero-order chi connectivity index (χ0) is 25.1. The van der Waals surface area contributed by atoms with Gasteiger partial charge in [-0.3, -0.25) is 9.59 Å². The van der Waals surface area contributed by atoms with Crippen LogP contribution in [0.25, 0.3) is 0 Å². The quantitative estimate of drug-likeness (QED) is 0.0909. The van der Waals surface area contributed by atoms with Crippen molar-refractivity contribution < 1.29 is 19.4 Å². The van der Waals surface area contributed by atoms with E-state index in [1.54, 1.807) is 0 Å². The largest absolute Gasteiger partial charge is 0.480 e. The summed E-state index contributed by atoms with van der Waals surface area (Å²) in [6.45, 7) is 5.53. The van der Waals surface area contributed by atoms with E-state index in [1.807, 2.05) is 0 Å². The highest BCUT2D eigenvalue weighted by Crippen LogP contribution is 2.12. The standard InChI is InChI=1S/C29H57NO4/c1-3-5-7-9-11-13-14-15-16-18-20-22-24-30-27(29(32)33)26-28(31)34-25-23-21-19-17-12-10-8-6-4-2/h27,30H,3-26H2,1-2H3,(H,32,33). The molecule has 0 aliphatic heterocycles. The maximum atomic E-state index is 12.0. The van der Waals surface area contributed by atoms with Gasteiger partial charge in [-0.1, -0.05) is 136 Å². The lowest BCUT2D eigenvalue weighted by Crippen LogP contribution is -2.39. The highest BCUT2D eigenvalue weighted by Gasteiger charge is 2.21. The van der Waals surface area contributed by atoms with Gasteiger partial charge in [-0.05, 0) is 19.4 Å². The first-order valence-electron chi connectivity index (χ1n) is 14.7. The summed E-state index contributed by atoms with van der Waals surface area (Å²) in [5.74, 6) is -1.38. The SMILES string of the molecule is CCCCCCCCCCCCCCNC(CC(=O)OCCCCCCCCCCC)C(=O)O. The molecule has 2 N–H and O–H groups in total. The van der Waals surface area contributed by atoms with Crippen molar-refractivity contribution in [1.82, 2.24) is 5.32 Å². The van der Waals surface area contributed by atoms with Gasteiger partial charge in [0.2, 0.25) is 0 Å². The van der Waals surface area contributed by atoms with Crippen LogP contribution >= 0.6 is 0 Å². The fourth-order valence-corrected chi connectivity index (χ4v) is 4.31. The lowest BCUT2D eigenvalue weighted by Gasteiger charge is -2.14. The number of hydrogen-bond donors (Lipinski definition) is 2. The second-order valence-electron chi connectivity index (χ2n) is 9.99. The summed E-state index contributed by atoms with van der Waals surface area (Å²) in [5, 5.41) is 12.4. The molecule has 5 heteroatoms. The van der Waals surface area contributed by atoms with Gasteiger partial charge in [-0.2, -0.15) is 0 Å². The van der Waals surface area contributed by atoms with E-state index >= 15 is 0 Å². The number of carbonyl (C=O) groups excluding carboxylic acids is 1. The Labute approximate surface area is 211 Å². The molecule has 34 heavy (non-hydrogen) atoms. The third-order valence-corrected chi connectivity index (χ3v) is 6.60. The Hall–Kier alpha value is -1.10. The molecule has 0 aliphatic carbocycles. The number of rotatable bonds is 27. The molecule has 0 aliphatic rings. The molecular formula is C29H57NO4. The van der Waals surface area contributed by atoms with Crippen LogP contribution in [0.15, 0.2) is 0 Å². The van der Waals surface area contributed by atoms with Crippen molar-refractivity contribution in [2.24, 2.45) is 0 Å². The zero-order valence-corrected chi connectivity index (χ0v) is 22.7. The van der Waals surface area contributed by atoms with Gasteiger partial charge in [-0.25, -0.2) is 0 Å². The molecule has 0 rings (SSSR count). The Morgan fingerprint density at radius 3 is 1.41 bits per heavy atom. The average Bonchev–Trinajstić information content (AvgIpc) is 2.82. The first-order valence-corrected chi connectivity index (χ1v) is 14.7. The van der Waals surface area contributed by atoms with E-state index in [0.717, 1.165) is 25.7 Å². The van der Waals surface area contributed by atoms with Gasteiger partial charge in [0.1, 0.15) is 6.04 Å². The van der Waals surface area contributed by atoms with Crippen LogP contribution in [-0.2, 0) is 14.3 Å². The first kappa shape index (κ1) is 32.9. The van der Waals surface area contributed by atoms with E-state index in [4.69, 9.17) is 4.74 Å². The van der Waals surface area contributed by atoms with Crippen LogP contribution < -0.4 is 5.32 Å². The van der Waals surface area contributed by atoms with Crippen molar-refractivity contribution in [1.29, 1.82) is 0 Å². The number of esters is 1. The number of carboxylic acid groups (broad SMARTS) is 1. The summed E-state index contributed by atoms with van der Waals surface area (Å²) in [7, 11) is 0. The Kier molecular flexibility index (Phi) is 25.6. The minimum atomic E-state index is -0.973. The van der Waals surface area contributed by atoms with Crippen molar-refractivity contribution >= 4 is 11.9 Å². The van der Waals surface area contributed by atoms with Crippen LogP contribution in [0.5, 0.6) is 0 Å². The van der Waals surface area contributed by atoms with Crippen molar-refractivity contribution in [2.75, 3.05) is 13.2 Å². The Bertz CT molecular complexity index is 455. The summed E-state index contributed by atoms with van der Waals surface area (Å²) in [5.41, 5.74) is 0. The third-order valence-electron chi connectivity index (χ3n) is 6.60. The van der Waals surface area contributed by atoms with Gasteiger partial charge in [-0.15, -0.1) is 0 Å². The van der Waals surface area contributed by atoms with Crippen molar-refractivity contribution in [3.63, 3.8) is 0 Å². The molecule has 0 heterocycles. The van der Waals surface area contributed by atoms with Crippen LogP contribution in [0.3, 0.4) is 0 Å². The fraction of sp³-hybridized carbons (Fsp3) is 0.931. The highest BCUT2D eigenvalue weighted by atomic mass is 16.5. The second-order valence-corrected chi connectivity index (χ2v) is 9.99. The molecule has 0 spiro atoms. The molecule has 0 fully saturated rings. The van der Waals surface area contributed by atoms with E-state index in [-0.39, 0.29) is 6.42 Å². The summed E-state index contributed by atoms with van der Waals surface area (Å²) in [6, 6.07) is -0.844. The Balaban J connectivity index is 3.58. The van der Waals surface area contributed by atoms with Crippen molar-refractivity contribution in [3.8, 4) is 0 Å². The molecule has 0 aromatic carbocycles. The number of unbranched alkanes of at least 4 members (excludes halogenated alkanes) is 19. The minimum Gasteiger partial charge on any atom is -0.480 e. The van der Waals surface area contributed by atoms with Gasteiger partial charge in [0.25, 0.3) is 0 Å². The van der Waals surface area contributed by atoms with Crippen LogP contribution in [0.2, 0.25) is 0 Å². The van der Waals surface area contributed by atoms with Crippen LogP contribution in [0.4, 0.5) is 0 Å². The Morgan fingerprint density at radius 1 is 0.618 bits per heavy atom. The van der Waals surface area contributed by atoms with E-state index in [0.29, 0.717) is 13.2 Å². The van der Waals surface area contributed by atoms with Crippen LogP contribution in [-0.4, -0.2) is 36.2 Å². The van der Waals surface area contributed by atoms with Crippen molar-refractivity contribution in [3.05, 3.63) is 0 Å². The average molecular weight is 484 g/mol. The first-order chi connectivity index (χ1) is 16.6. The van der Waals surface area contributed by atoms with Gasteiger partial charge in [0.15, 0.2) is 0 Å². The maximum absolute atomic E-state index is 12.0. The summed E-state index contributed by atoms with van der Waals surface area (Å²) in [4.78, 5) is 23.5. The summed E-state index contributed by atoms with van der Waals surface area (Å²) < 4.78 is 5.26. The zero-order valence-electron chi connectivity index (χ0n) is 22.7. The highest BCUT2D eigenvalue weighted by molar-refractivity contribution is 5.81. The smallest absolute Gasteiger partial charge is 0.321 e. The number of carboxylic acids is 1. The number of hydrogen-bond acceptors (Lipinski definition) is 4. The maximum Gasteiger partial charge on any atom is 0.321 e. The second kappa shape index (κ2) is 26.5. The lowest BCUT2D eigenvalue weighted by molar-refractivity contribution is -0.149. The fourth-order valence-electron chi connectivity index (χ4n) is 4.31. The molecule has 0 amide bonds. The summed E-state index contributed by atoms with van der Waals surface area (Å²) >= 11 is 0. The molecule has 0 saturated carbocycles. The molecule has 0 aromatic rings. The van der Waals surface area contributed by atoms with E-state index in [2.05, 4.69) is 19.2 Å².